The summed E-state index contributed by atoms with van der Waals surface area (Å²) in [6.45, 7) is 2.66. The molecule has 1 heterocycles. The van der Waals surface area contributed by atoms with Crippen LogP contribution < -0.4 is 11.1 Å². The summed E-state index contributed by atoms with van der Waals surface area (Å²) in [5, 5.41) is 2.95. The van der Waals surface area contributed by atoms with Crippen LogP contribution in [-0.2, 0) is 11.3 Å². The van der Waals surface area contributed by atoms with Crippen LogP contribution >= 0.6 is 0 Å². The van der Waals surface area contributed by atoms with E-state index in [0.29, 0.717) is 6.54 Å². The van der Waals surface area contributed by atoms with Gasteiger partial charge in [-0.15, -0.1) is 0 Å². The molecule has 0 bridgehead atoms. The highest BCUT2D eigenvalue weighted by Crippen LogP contribution is 2.13. The molecule has 3 N–H and O–H groups in total. The van der Waals surface area contributed by atoms with Crippen molar-refractivity contribution in [2.24, 2.45) is 5.73 Å². The fourth-order valence-corrected chi connectivity index (χ4v) is 2.11. The van der Waals surface area contributed by atoms with Gasteiger partial charge in [0.1, 0.15) is 0 Å². The van der Waals surface area contributed by atoms with Crippen molar-refractivity contribution in [1.29, 1.82) is 0 Å². The third-order valence-corrected chi connectivity index (χ3v) is 3.08. The van der Waals surface area contributed by atoms with Crippen LogP contribution in [0.3, 0.4) is 0 Å². The summed E-state index contributed by atoms with van der Waals surface area (Å²) in [6.07, 6.45) is 5.62. The Morgan fingerprint density at radius 2 is 2.15 bits per heavy atom. The molecule has 5 nitrogen and oxygen atoms in total. The van der Waals surface area contributed by atoms with Gasteiger partial charge in [0.05, 0.1) is 6.33 Å². The van der Waals surface area contributed by atoms with Crippen LogP contribution in [0.1, 0.15) is 24.9 Å². The standard InChI is InChI=1S/C15H20N4O/c1-12(10-19-8-7-17-11-19)18-15(20)9-14(16)13-5-3-2-4-6-13/h2-8,11-12,14H,9-10,16H2,1H3,(H,18,20). The average molecular weight is 272 g/mol. The summed E-state index contributed by atoms with van der Waals surface area (Å²) >= 11 is 0. The van der Waals surface area contributed by atoms with Crippen molar-refractivity contribution in [1.82, 2.24) is 14.9 Å². The number of nitrogens with two attached hydrogens (primary N) is 1. The molecular weight excluding hydrogens is 252 g/mol. The summed E-state index contributed by atoms with van der Waals surface area (Å²) in [5.74, 6) is -0.0334. The van der Waals surface area contributed by atoms with Gasteiger partial charge in [0.25, 0.3) is 0 Å². The molecule has 0 spiro atoms. The zero-order valence-corrected chi connectivity index (χ0v) is 11.6. The van der Waals surface area contributed by atoms with Crippen molar-refractivity contribution in [2.75, 3.05) is 0 Å². The van der Waals surface area contributed by atoms with E-state index in [9.17, 15) is 4.79 Å². The van der Waals surface area contributed by atoms with Gasteiger partial charge < -0.3 is 15.6 Å². The number of aromatic nitrogens is 2. The Bertz CT molecular complexity index is 524. The molecule has 106 valence electrons. The van der Waals surface area contributed by atoms with Crippen LogP contribution in [0.25, 0.3) is 0 Å². The molecule has 0 radical (unpaired) electrons. The van der Waals surface area contributed by atoms with Crippen LogP contribution in [-0.4, -0.2) is 21.5 Å². The molecule has 0 aliphatic rings. The van der Waals surface area contributed by atoms with E-state index in [1.165, 1.54) is 0 Å². The van der Waals surface area contributed by atoms with Gasteiger partial charge in [-0.2, -0.15) is 0 Å². The van der Waals surface area contributed by atoms with Gasteiger partial charge in [-0.1, -0.05) is 30.3 Å². The number of imidazole rings is 1. The van der Waals surface area contributed by atoms with E-state index in [-0.39, 0.29) is 24.4 Å². The van der Waals surface area contributed by atoms with Crippen LogP contribution in [0.2, 0.25) is 0 Å². The number of carbonyl (C=O) groups is 1. The molecule has 0 fully saturated rings. The number of amides is 1. The minimum atomic E-state index is -0.267. The molecule has 20 heavy (non-hydrogen) atoms. The van der Waals surface area contributed by atoms with Gasteiger partial charge in [-0.25, -0.2) is 4.98 Å². The Balaban J connectivity index is 1.80. The van der Waals surface area contributed by atoms with Crippen molar-refractivity contribution in [2.45, 2.75) is 32.0 Å². The van der Waals surface area contributed by atoms with Crippen molar-refractivity contribution < 1.29 is 4.79 Å². The second-order valence-corrected chi connectivity index (χ2v) is 4.95. The van der Waals surface area contributed by atoms with Crippen LogP contribution in [0, 0.1) is 0 Å². The predicted molar refractivity (Wildman–Crippen MR) is 77.8 cm³/mol. The first-order chi connectivity index (χ1) is 9.65. The van der Waals surface area contributed by atoms with E-state index in [1.54, 1.807) is 12.5 Å². The number of carbonyl (C=O) groups excluding carboxylic acids is 1. The van der Waals surface area contributed by atoms with E-state index in [2.05, 4.69) is 10.3 Å². The van der Waals surface area contributed by atoms with Crippen LogP contribution in [0.4, 0.5) is 0 Å². The maximum Gasteiger partial charge on any atom is 0.222 e. The van der Waals surface area contributed by atoms with Gasteiger partial charge in [-0.3, -0.25) is 4.79 Å². The number of hydrogen-bond acceptors (Lipinski definition) is 3. The first-order valence-corrected chi connectivity index (χ1v) is 6.71. The molecule has 1 aromatic heterocycles. The van der Waals surface area contributed by atoms with Crippen molar-refractivity contribution in [3.05, 3.63) is 54.6 Å². The summed E-state index contributed by atoms with van der Waals surface area (Å²) in [5.41, 5.74) is 7.01. The van der Waals surface area contributed by atoms with Gasteiger partial charge >= 0.3 is 0 Å². The Labute approximate surface area is 118 Å². The smallest absolute Gasteiger partial charge is 0.222 e. The molecule has 2 unspecified atom stereocenters. The average Bonchev–Trinajstić information content (AvgIpc) is 2.92. The zero-order chi connectivity index (χ0) is 14.4. The first-order valence-electron chi connectivity index (χ1n) is 6.71. The minimum Gasteiger partial charge on any atom is -0.352 e. The molecule has 5 heteroatoms. The van der Waals surface area contributed by atoms with E-state index in [0.717, 1.165) is 5.56 Å². The molecule has 0 aliphatic carbocycles. The number of nitrogens with one attached hydrogen (secondary N) is 1. The van der Waals surface area contributed by atoms with Crippen molar-refractivity contribution in [3.8, 4) is 0 Å². The molecule has 0 aliphatic heterocycles. The molecule has 2 rings (SSSR count). The van der Waals surface area contributed by atoms with E-state index in [1.807, 2.05) is 48.0 Å². The maximum absolute atomic E-state index is 11.9. The van der Waals surface area contributed by atoms with Crippen molar-refractivity contribution >= 4 is 5.91 Å². The molecule has 2 atom stereocenters. The Kier molecular flexibility index (Phi) is 4.90. The minimum absolute atomic E-state index is 0.0334. The lowest BCUT2D eigenvalue weighted by Crippen LogP contribution is -2.37. The van der Waals surface area contributed by atoms with Crippen LogP contribution in [0.15, 0.2) is 49.1 Å². The lowest BCUT2D eigenvalue weighted by atomic mass is 10.0. The van der Waals surface area contributed by atoms with Gasteiger partial charge in [0.2, 0.25) is 5.91 Å². The summed E-state index contributed by atoms with van der Waals surface area (Å²) in [4.78, 5) is 15.9. The first kappa shape index (κ1) is 14.3. The molecule has 1 amide bonds. The molecule has 0 saturated heterocycles. The highest BCUT2D eigenvalue weighted by molar-refractivity contribution is 5.77. The van der Waals surface area contributed by atoms with E-state index >= 15 is 0 Å². The van der Waals surface area contributed by atoms with Crippen molar-refractivity contribution in [3.63, 3.8) is 0 Å². The third-order valence-electron chi connectivity index (χ3n) is 3.08. The number of nitrogens with zero attached hydrogens (tertiary/aromatic N) is 2. The Morgan fingerprint density at radius 1 is 1.40 bits per heavy atom. The number of benzene rings is 1. The fourth-order valence-electron chi connectivity index (χ4n) is 2.11. The molecule has 1 aromatic carbocycles. The second kappa shape index (κ2) is 6.86. The highest BCUT2D eigenvalue weighted by Gasteiger charge is 2.13. The summed E-state index contributed by atoms with van der Waals surface area (Å²) in [6, 6.07) is 9.43. The third kappa shape index (κ3) is 4.20. The molecule has 2 aromatic rings. The Hall–Kier alpha value is -2.14. The largest absolute Gasteiger partial charge is 0.352 e. The van der Waals surface area contributed by atoms with E-state index < -0.39 is 0 Å². The topological polar surface area (TPSA) is 72.9 Å². The fraction of sp³-hybridized carbons (Fsp3) is 0.333. The molecular formula is C15H20N4O. The number of hydrogen-bond donors (Lipinski definition) is 2. The lowest BCUT2D eigenvalue weighted by Gasteiger charge is -2.17. The molecule has 0 saturated carbocycles. The quantitative estimate of drug-likeness (QED) is 0.836. The van der Waals surface area contributed by atoms with Gasteiger partial charge in [0.15, 0.2) is 0 Å². The second-order valence-electron chi connectivity index (χ2n) is 4.95. The van der Waals surface area contributed by atoms with Gasteiger partial charge in [0, 0.05) is 37.4 Å². The van der Waals surface area contributed by atoms with E-state index in [4.69, 9.17) is 5.73 Å². The van der Waals surface area contributed by atoms with Gasteiger partial charge in [-0.05, 0) is 12.5 Å². The lowest BCUT2D eigenvalue weighted by molar-refractivity contribution is -0.122. The Morgan fingerprint density at radius 3 is 2.80 bits per heavy atom. The zero-order valence-electron chi connectivity index (χ0n) is 11.6. The summed E-state index contributed by atoms with van der Waals surface area (Å²) < 4.78 is 1.93. The SMILES string of the molecule is CC(Cn1ccnc1)NC(=O)CC(N)c1ccccc1. The predicted octanol–water partition coefficient (Wildman–Crippen LogP) is 1.48. The monoisotopic (exact) mass is 272 g/mol. The highest BCUT2D eigenvalue weighted by atomic mass is 16.1. The van der Waals surface area contributed by atoms with Crippen LogP contribution in [0.5, 0.6) is 0 Å². The summed E-state index contributed by atoms with van der Waals surface area (Å²) in [7, 11) is 0. The maximum atomic E-state index is 11.9. The number of rotatable bonds is 6. The normalized spacial score (nSPS) is 13.7.